The van der Waals surface area contributed by atoms with Crippen molar-refractivity contribution in [2.75, 3.05) is 11.9 Å². The van der Waals surface area contributed by atoms with Gasteiger partial charge in [0.25, 0.3) is 0 Å². The highest BCUT2D eigenvalue weighted by atomic mass is 32.1. The molecule has 3 N–H and O–H groups in total. The number of carbonyl (C=O) groups excluding carboxylic acids is 1. The molecule has 0 spiro atoms. The van der Waals surface area contributed by atoms with Gasteiger partial charge in [0.15, 0.2) is 0 Å². The van der Waals surface area contributed by atoms with Crippen LogP contribution in [0, 0.1) is 0 Å². The van der Waals surface area contributed by atoms with Crippen molar-refractivity contribution in [3.8, 4) is 0 Å². The highest BCUT2D eigenvalue weighted by molar-refractivity contribution is 7.16. The van der Waals surface area contributed by atoms with Gasteiger partial charge in [-0.25, -0.2) is 9.97 Å². The van der Waals surface area contributed by atoms with E-state index >= 15 is 0 Å². The largest absolute Gasteiger partial charge is 0.370 e. The van der Waals surface area contributed by atoms with Gasteiger partial charge in [0.2, 0.25) is 5.91 Å². The topological polar surface area (TPSA) is 80.9 Å². The molecular formula is C10H12N4OS. The SMILES string of the molecule is NC(=O)CCCNc1ncnc2sccc12. The molecule has 0 unspecified atom stereocenters. The van der Waals surface area contributed by atoms with Gasteiger partial charge in [0.1, 0.15) is 17.0 Å². The van der Waals surface area contributed by atoms with Gasteiger partial charge >= 0.3 is 0 Å². The van der Waals surface area contributed by atoms with Gasteiger partial charge in [-0.3, -0.25) is 4.79 Å². The van der Waals surface area contributed by atoms with E-state index in [0.717, 1.165) is 16.0 Å². The normalized spacial score (nSPS) is 10.5. The fourth-order valence-corrected chi connectivity index (χ4v) is 2.13. The number of rotatable bonds is 5. The molecular weight excluding hydrogens is 224 g/mol. The molecule has 16 heavy (non-hydrogen) atoms. The second-order valence-corrected chi connectivity index (χ2v) is 4.25. The van der Waals surface area contributed by atoms with Crippen molar-refractivity contribution in [2.45, 2.75) is 12.8 Å². The van der Waals surface area contributed by atoms with Crippen LogP contribution in [0.25, 0.3) is 10.2 Å². The summed E-state index contributed by atoms with van der Waals surface area (Å²) in [6.07, 6.45) is 2.64. The summed E-state index contributed by atoms with van der Waals surface area (Å²) in [5.74, 6) is 0.542. The number of fused-ring (bicyclic) bond motifs is 1. The molecule has 2 heterocycles. The molecule has 0 saturated carbocycles. The lowest BCUT2D eigenvalue weighted by molar-refractivity contribution is -0.118. The van der Waals surface area contributed by atoms with Crippen molar-refractivity contribution in [1.29, 1.82) is 0 Å². The smallest absolute Gasteiger partial charge is 0.217 e. The highest BCUT2D eigenvalue weighted by Gasteiger charge is 2.03. The average molecular weight is 236 g/mol. The number of nitrogens with zero attached hydrogens (tertiary/aromatic N) is 2. The van der Waals surface area contributed by atoms with Crippen LogP contribution in [0.15, 0.2) is 17.8 Å². The molecule has 2 aromatic rings. The van der Waals surface area contributed by atoms with Crippen LogP contribution in [0.2, 0.25) is 0 Å². The lowest BCUT2D eigenvalue weighted by atomic mass is 10.3. The molecule has 2 rings (SSSR count). The van der Waals surface area contributed by atoms with Crippen LogP contribution in [-0.2, 0) is 4.79 Å². The van der Waals surface area contributed by atoms with E-state index in [1.165, 1.54) is 6.33 Å². The Morgan fingerprint density at radius 3 is 3.19 bits per heavy atom. The Bertz CT molecular complexity index is 496. The standard InChI is InChI=1S/C10H12N4OS/c11-8(15)2-1-4-12-9-7-3-5-16-10(7)14-6-13-9/h3,5-6H,1-2,4H2,(H2,11,15)(H,12,13,14). The maximum absolute atomic E-state index is 10.6. The molecule has 0 aliphatic rings. The maximum Gasteiger partial charge on any atom is 0.217 e. The molecule has 0 aromatic carbocycles. The third-order valence-electron chi connectivity index (χ3n) is 2.15. The summed E-state index contributed by atoms with van der Waals surface area (Å²) in [6, 6.07) is 1.98. The Morgan fingerprint density at radius 1 is 1.50 bits per heavy atom. The third-order valence-corrected chi connectivity index (χ3v) is 2.97. The number of anilines is 1. The van der Waals surface area contributed by atoms with Gasteiger partial charge in [0, 0.05) is 13.0 Å². The van der Waals surface area contributed by atoms with Gasteiger partial charge in [-0.1, -0.05) is 0 Å². The number of nitrogens with one attached hydrogen (secondary N) is 1. The number of carbonyl (C=O) groups is 1. The van der Waals surface area contributed by atoms with Gasteiger partial charge in [-0.2, -0.15) is 0 Å². The molecule has 5 nitrogen and oxygen atoms in total. The monoisotopic (exact) mass is 236 g/mol. The minimum atomic E-state index is -0.273. The first-order chi connectivity index (χ1) is 7.77. The number of hydrogen-bond acceptors (Lipinski definition) is 5. The summed E-state index contributed by atoms with van der Waals surface area (Å²) in [5, 5.41) is 6.18. The number of hydrogen-bond donors (Lipinski definition) is 2. The minimum absolute atomic E-state index is 0.273. The first kappa shape index (κ1) is 10.8. The van der Waals surface area contributed by atoms with E-state index in [9.17, 15) is 4.79 Å². The van der Waals surface area contributed by atoms with Crippen LogP contribution in [-0.4, -0.2) is 22.4 Å². The Kier molecular flexibility index (Phi) is 3.31. The van der Waals surface area contributed by atoms with Crippen molar-refractivity contribution in [3.63, 3.8) is 0 Å². The number of primary amides is 1. The van der Waals surface area contributed by atoms with E-state index in [1.54, 1.807) is 11.3 Å². The van der Waals surface area contributed by atoms with Crippen molar-refractivity contribution < 1.29 is 4.79 Å². The Balaban J connectivity index is 1.98. The summed E-state index contributed by atoms with van der Waals surface area (Å²) >= 11 is 1.58. The number of nitrogens with two attached hydrogens (primary N) is 1. The highest BCUT2D eigenvalue weighted by Crippen LogP contribution is 2.23. The minimum Gasteiger partial charge on any atom is -0.370 e. The Hall–Kier alpha value is -1.69. The fourth-order valence-electron chi connectivity index (χ4n) is 1.40. The predicted molar refractivity (Wildman–Crippen MR) is 64.3 cm³/mol. The van der Waals surface area contributed by atoms with E-state index in [1.807, 2.05) is 11.4 Å². The summed E-state index contributed by atoms with van der Waals surface area (Å²) in [4.78, 5) is 19.8. The molecule has 0 aliphatic heterocycles. The van der Waals surface area contributed by atoms with Crippen LogP contribution in [0.5, 0.6) is 0 Å². The summed E-state index contributed by atoms with van der Waals surface area (Å²) < 4.78 is 0. The van der Waals surface area contributed by atoms with E-state index in [2.05, 4.69) is 15.3 Å². The van der Waals surface area contributed by atoms with E-state index < -0.39 is 0 Å². The van der Waals surface area contributed by atoms with Gasteiger partial charge < -0.3 is 11.1 Å². The second-order valence-electron chi connectivity index (χ2n) is 3.36. The van der Waals surface area contributed by atoms with Crippen molar-refractivity contribution in [3.05, 3.63) is 17.8 Å². The van der Waals surface area contributed by atoms with Crippen molar-refractivity contribution in [1.82, 2.24) is 9.97 Å². The van der Waals surface area contributed by atoms with Crippen LogP contribution in [0.1, 0.15) is 12.8 Å². The zero-order valence-electron chi connectivity index (χ0n) is 8.64. The molecule has 84 valence electrons. The fraction of sp³-hybridized carbons (Fsp3) is 0.300. The molecule has 6 heteroatoms. The first-order valence-electron chi connectivity index (χ1n) is 4.98. The van der Waals surface area contributed by atoms with Crippen molar-refractivity contribution in [2.24, 2.45) is 5.73 Å². The Morgan fingerprint density at radius 2 is 2.38 bits per heavy atom. The molecule has 0 bridgehead atoms. The predicted octanol–water partition coefficient (Wildman–Crippen LogP) is 1.37. The number of thiophene rings is 1. The maximum atomic E-state index is 10.6. The number of aromatic nitrogens is 2. The molecule has 1 amide bonds. The van der Waals surface area contributed by atoms with Crippen molar-refractivity contribution >= 4 is 33.3 Å². The van der Waals surface area contributed by atoms with E-state index in [0.29, 0.717) is 19.4 Å². The zero-order chi connectivity index (χ0) is 11.4. The molecule has 2 aromatic heterocycles. The molecule has 0 fully saturated rings. The lowest BCUT2D eigenvalue weighted by Crippen LogP contribution is -2.13. The summed E-state index contributed by atoms with van der Waals surface area (Å²) in [7, 11) is 0. The lowest BCUT2D eigenvalue weighted by Gasteiger charge is -2.04. The molecule has 0 saturated heterocycles. The Labute approximate surface area is 96.7 Å². The van der Waals surface area contributed by atoms with Crippen LogP contribution in [0.3, 0.4) is 0 Å². The van der Waals surface area contributed by atoms with Gasteiger partial charge in [-0.15, -0.1) is 11.3 Å². The number of amides is 1. The van der Waals surface area contributed by atoms with Gasteiger partial charge in [-0.05, 0) is 17.9 Å². The molecule has 0 atom stereocenters. The quantitative estimate of drug-likeness (QED) is 0.768. The van der Waals surface area contributed by atoms with Crippen LogP contribution < -0.4 is 11.1 Å². The molecule has 0 radical (unpaired) electrons. The van der Waals surface area contributed by atoms with E-state index in [-0.39, 0.29) is 5.91 Å². The zero-order valence-corrected chi connectivity index (χ0v) is 9.46. The third kappa shape index (κ3) is 2.46. The average Bonchev–Trinajstić information content (AvgIpc) is 2.72. The first-order valence-corrected chi connectivity index (χ1v) is 5.86. The van der Waals surface area contributed by atoms with Gasteiger partial charge in [0.05, 0.1) is 5.39 Å². The molecule has 0 aliphatic carbocycles. The van der Waals surface area contributed by atoms with Crippen LogP contribution >= 0.6 is 11.3 Å². The van der Waals surface area contributed by atoms with Crippen LogP contribution in [0.4, 0.5) is 5.82 Å². The second kappa shape index (κ2) is 4.89. The summed E-state index contributed by atoms with van der Waals surface area (Å²) in [5.41, 5.74) is 5.06. The summed E-state index contributed by atoms with van der Waals surface area (Å²) in [6.45, 7) is 0.685. The van der Waals surface area contributed by atoms with E-state index in [4.69, 9.17) is 5.73 Å².